The van der Waals surface area contributed by atoms with E-state index in [9.17, 15) is 14.4 Å². The van der Waals surface area contributed by atoms with Gasteiger partial charge in [0.2, 0.25) is 5.91 Å². The molecule has 38 heavy (non-hydrogen) atoms. The van der Waals surface area contributed by atoms with Crippen molar-refractivity contribution in [2.45, 2.75) is 31.8 Å². The Balaban J connectivity index is 1.27. The van der Waals surface area contributed by atoms with Gasteiger partial charge in [-0.2, -0.15) is 0 Å². The number of thiazole rings is 1. The van der Waals surface area contributed by atoms with Gasteiger partial charge in [0, 0.05) is 10.9 Å². The summed E-state index contributed by atoms with van der Waals surface area (Å²) in [6.45, 7) is 6.34. The Bertz CT molecular complexity index is 1700. The highest BCUT2D eigenvalue weighted by atomic mass is 32.2. The van der Waals surface area contributed by atoms with E-state index in [2.05, 4.69) is 46.2 Å². The van der Waals surface area contributed by atoms with E-state index in [4.69, 9.17) is 4.74 Å². The van der Waals surface area contributed by atoms with Crippen molar-refractivity contribution >= 4 is 71.9 Å². The van der Waals surface area contributed by atoms with E-state index in [1.54, 1.807) is 25.1 Å². The van der Waals surface area contributed by atoms with Gasteiger partial charge in [0.1, 0.15) is 4.83 Å². The summed E-state index contributed by atoms with van der Waals surface area (Å²) in [6, 6.07) is 13.3. The van der Waals surface area contributed by atoms with Crippen molar-refractivity contribution in [1.29, 1.82) is 0 Å². The maximum absolute atomic E-state index is 12.9. The van der Waals surface area contributed by atoms with Gasteiger partial charge in [0.25, 0.3) is 5.56 Å². The van der Waals surface area contributed by atoms with Crippen LogP contribution in [0.3, 0.4) is 0 Å². The third-order valence-electron chi connectivity index (χ3n) is 5.80. The standard InChI is InChI=1S/C27H24N4O4S3/c1-4-35-25(34)17-9-10-19-20(11-17)38-27(28-19)29-21(32)13-37-26-30-23(33)22-18(12-36-24(22)31-26)16-7-5-15(6-8-16)14(2)3/h5-12,14H,4,13H2,1-3H3,(H,28,29,32)(H,30,31,33). The van der Waals surface area contributed by atoms with Gasteiger partial charge in [-0.25, -0.2) is 14.8 Å². The number of benzene rings is 2. The van der Waals surface area contributed by atoms with E-state index in [0.29, 0.717) is 44.1 Å². The van der Waals surface area contributed by atoms with Crippen molar-refractivity contribution in [3.8, 4) is 11.1 Å². The molecule has 0 saturated heterocycles. The van der Waals surface area contributed by atoms with Crippen LogP contribution in [-0.2, 0) is 9.53 Å². The van der Waals surface area contributed by atoms with Crippen molar-refractivity contribution in [2.75, 3.05) is 17.7 Å². The van der Waals surface area contributed by atoms with Crippen LogP contribution in [0.2, 0.25) is 0 Å². The largest absolute Gasteiger partial charge is 0.462 e. The molecule has 0 spiro atoms. The maximum atomic E-state index is 12.9. The number of thiophene rings is 1. The first-order valence-electron chi connectivity index (χ1n) is 11.9. The number of carbonyl (C=O) groups excluding carboxylic acids is 2. The number of rotatable bonds is 8. The fourth-order valence-electron chi connectivity index (χ4n) is 3.87. The minimum absolute atomic E-state index is 0.0490. The lowest BCUT2D eigenvalue weighted by molar-refractivity contribution is -0.113. The second-order valence-electron chi connectivity index (χ2n) is 8.74. The third-order valence-corrected chi connectivity index (χ3v) is 8.48. The van der Waals surface area contributed by atoms with Crippen LogP contribution in [0, 0.1) is 0 Å². The molecule has 0 aliphatic heterocycles. The number of aromatic amines is 1. The highest BCUT2D eigenvalue weighted by Gasteiger charge is 2.16. The van der Waals surface area contributed by atoms with Gasteiger partial charge in [-0.15, -0.1) is 11.3 Å². The second-order valence-corrected chi connectivity index (χ2v) is 11.6. The topological polar surface area (TPSA) is 114 Å². The van der Waals surface area contributed by atoms with Crippen LogP contribution in [0.5, 0.6) is 0 Å². The van der Waals surface area contributed by atoms with E-state index >= 15 is 0 Å². The molecule has 2 N–H and O–H groups in total. The number of nitrogens with zero attached hydrogens (tertiary/aromatic N) is 2. The lowest BCUT2D eigenvalue weighted by atomic mass is 9.99. The molecule has 0 bridgehead atoms. The number of hydrogen-bond acceptors (Lipinski definition) is 9. The zero-order chi connectivity index (χ0) is 26.8. The summed E-state index contributed by atoms with van der Waals surface area (Å²) >= 11 is 3.83. The van der Waals surface area contributed by atoms with E-state index in [1.807, 2.05) is 17.5 Å². The molecule has 0 atom stereocenters. The minimum atomic E-state index is -0.398. The zero-order valence-electron chi connectivity index (χ0n) is 20.9. The molecule has 0 fully saturated rings. The van der Waals surface area contributed by atoms with Gasteiger partial charge < -0.3 is 15.0 Å². The fraction of sp³-hybridized carbons (Fsp3) is 0.222. The Morgan fingerprint density at radius 2 is 1.92 bits per heavy atom. The number of nitrogens with one attached hydrogen (secondary N) is 2. The van der Waals surface area contributed by atoms with Gasteiger partial charge in [0.15, 0.2) is 10.3 Å². The van der Waals surface area contributed by atoms with Crippen LogP contribution in [0.25, 0.3) is 31.6 Å². The molecule has 3 aromatic heterocycles. The van der Waals surface area contributed by atoms with Crippen molar-refractivity contribution in [2.24, 2.45) is 0 Å². The summed E-state index contributed by atoms with van der Waals surface area (Å²) < 4.78 is 5.80. The van der Waals surface area contributed by atoms with E-state index < -0.39 is 5.97 Å². The molecule has 0 saturated carbocycles. The molecule has 5 aromatic rings. The number of hydrogen-bond donors (Lipinski definition) is 2. The average Bonchev–Trinajstić information content (AvgIpc) is 3.51. The molecule has 8 nitrogen and oxygen atoms in total. The number of fused-ring (bicyclic) bond motifs is 2. The Kier molecular flexibility index (Phi) is 7.59. The Morgan fingerprint density at radius 1 is 1.13 bits per heavy atom. The predicted molar refractivity (Wildman–Crippen MR) is 155 cm³/mol. The molecular weight excluding hydrogens is 541 g/mol. The Labute approximate surface area is 230 Å². The first-order valence-corrected chi connectivity index (χ1v) is 14.6. The van der Waals surface area contributed by atoms with Crippen LogP contribution < -0.4 is 10.9 Å². The van der Waals surface area contributed by atoms with Crippen LogP contribution in [0.1, 0.15) is 42.6 Å². The minimum Gasteiger partial charge on any atom is -0.462 e. The molecule has 0 aliphatic carbocycles. The number of amides is 1. The number of esters is 1. The summed E-state index contributed by atoms with van der Waals surface area (Å²) in [4.78, 5) is 49.9. The van der Waals surface area contributed by atoms with Crippen LogP contribution in [-0.4, -0.2) is 39.2 Å². The SMILES string of the molecule is CCOC(=O)c1ccc2nc(NC(=O)CSc3nc4scc(-c5ccc(C(C)C)cc5)c4c(=O)[nH]3)sc2c1. The van der Waals surface area contributed by atoms with Crippen LogP contribution in [0.4, 0.5) is 5.13 Å². The predicted octanol–water partition coefficient (Wildman–Crippen LogP) is 6.29. The fourth-order valence-corrected chi connectivity index (χ4v) is 6.45. The third kappa shape index (κ3) is 5.50. The molecule has 194 valence electrons. The van der Waals surface area contributed by atoms with Crippen LogP contribution in [0.15, 0.2) is 57.8 Å². The molecule has 0 radical (unpaired) electrons. The van der Waals surface area contributed by atoms with Crippen molar-refractivity contribution in [1.82, 2.24) is 15.0 Å². The highest BCUT2D eigenvalue weighted by molar-refractivity contribution is 7.99. The van der Waals surface area contributed by atoms with Gasteiger partial charge in [-0.3, -0.25) is 9.59 Å². The number of carbonyl (C=O) groups is 2. The normalized spacial score (nSPS) is 11.4. The first-order chi connectivity index (χ1) is 18.3. The van der Waals surface area contributed by atoms with Gasteiger partial charge >= 0.3 is 5.97 Å². The van der Waals surface area contributed by atoms with E-state index in [1.165, 1.54) is 28.2 Å². The van der Waals surface area contributed by atoms with Gasteiger partial charge in [0.05, 0.1) is 33.5 Å². The van der Waals surface area contributed by atoms with Crippen LogP contribution >= 0.6 is 34.4 Å². The van der Waals surface area contributed by atoms with Gasteiger partial charge in [-0.1, -0.05) is 61.2 Å². The Hall–Kier alpha value is -3.54. The van der Waals surface area contributed by atoms with Gasteiger partial charge in [-0.05, 0) is 42.2 Å². The monoisotopic (exact) mass is 564 g/mol. The summed E-state index contributed by atoms with van der Waals surface area (Å²) in [5.41, 5.74) is 3.94. The molecule has 3 heterocycles. The average molecular weight is 565 g/mol. The molecule has 0 unspecified atom stereocenters. The molecular formula is C27H24N4O4S3. The van der Waals surface area contributed by atoms with Crippen molar-refractivity contribution in [3.05, 3.63) is 69.3 Å². The quantitative estimate of drug-likeness (QED) is 0.129. The molecule has 0 aliphatic rings. The number of H-pyrrole nitrogens is 1. The highest BCUT2D eigenvalue weighted by Crippen LogP contribution is 2.32. The summed E-state index contributed by atoms with van der Waals surface area (Å²) in [5, 5.41) is 6.08. The molecule has 1 amide bonds. The second kappa shape index (κ2) is 11.1. The van der Waals surface area contributed by atoms with Crippen molar-refractivity contribution < 1.29 is 14.3 Å². The molecule has 5 rings (SSSR count). The lowest BCUT2D eigenvalue weighted by Crippen LogP contribution is -2.15. The molecule has 2 aromatic carbocycles. The van der Waals surface area contributed by atoms with E-state index in [0.717, 1.165) is 27.6 Å². The number of anilines is 1. The van der Waals surface area contributed by atoms with E-state index in [-0.39, 0.29) is 17.2 Å². The first kappa shape index (κ1) is 26.1. The maximum Gasteiger partial charge on any atom is 0.338 e. The summed E-state index contributed by atoms with van der Waals surface area (Å²) in [7, 11) is 0. The molecule has 11 heteroatoms. The number of aromatic nitrogens is 3. The zero-order valence-corrected chi connectivity index (χ0v) is 23.3. The summed E-state index contributed by atoms with van der Waals surface area (Å²) in [6.07, 6.45) is 0. The number of ether oxygens (including phenoxy) is 1. The summed E-state index contributed by atoms with van der Waals surface area (Å²) in [5.74, 6) is -0.193. The van der Waals surface area contributed by atoms with Crippen molar-refractivity contribution in [3.63, 3.8) is 0 Å². The smallest absolute Gasteiger partial charge is 0.338 e. The number of thioether (sulfide) groups is 1. The Morgan fingerprint density at radius 3 is 2.66 bits per heavy atom. The lowest BCUT2D eigenvalue weighted by Gasteiger charge is -2.06.